The predicted molar refractivity (Wildman–Crippen MR) is 128 cm³/mol. The van der Waals surface area contributed by atoms with E-state index < -0.39 is 5.60 Å². The van der Waals surface area contributed by atoms with Crippen LogP contribution in [0.15, 0.2) is 36.4 Å². The molecule has 3 heterocycles. The number of aryl methyl sites for hydroxylation is 1. The topological polar surface area (TPSA) is 97.2 Å². The van der Waals surface area contributed by atoms with Gasteiger partial charge in [0.2, 0.25) is 0 Å². The zero-order valence-electron chi connectivity index (χ0n) is 20.6. The van der Waals surface area contributed by atoms with E-state index in [1.165, 1.54) is 0 Å². The van der Waals surface area contributed by atoms with Crippen molar-refractivity contribution in [3.63, 3.8) is 0 Å². The number of carbonyl (C=O) groups excluding carboxylic acids is 3. The Morgan fingerprint density at radius 1 is 0.886 bits per heavy atom. The van der Waals surface area contributed by atoms with Crippen LogP contribution in [-0.2, 0) is 29.2 Å². The Morgan fingerprint density at radius 3 is 2.26 bits per heavy atom. The summed E-state index contributed by atoms with van der Waals surface area (Å²) in [5, 5.41) is 4.51. The minimum atomic E-state index is -0.569. The molecule has 1 fully saturated rings. The van der Waals surface area contributed by atoms with Crippen LogP contribution < -0.4 is 0 Å². The monoisotopic (exact) mass is 483 g/mol. The summed E-state index contributed by atoms with van der Waals surface area (Å²) in [5.74, 6) is -0.174. The summed E-state index contributed by atoms with van der Waals surface area (Å²) in [6, 6.07) is 11.3. The van der Waals surface area contributed by atoms with Gasteiger partial charge in [0.25, 0.3) is 5.91 Å². The lowest BCUT2D eigenvalue weighted by atomic mass is 10.2. The molecular formula is C25H33N5O5. The lowest BCUT2D eigenvalue weighted by Gasteiger charge is -2.33. The van der Waals surface area contributed by atoms with E-state index in [1.54, 1.807) is 25.4 Å². The molecule has 0 radical (unpaired) electrons. The van der Waals surface area contributed by atoms with Gasteiger partial charge in [-0.3, -0.25) is 9.48 Å². The largest absolute Gasteiger partial charge is 0.445 e. The summed E-state index contributed by atoms with van der Waals surface area (Å²) in [4.78, 5) is 43.0. The van der Waals surface area contributed by atoms with Gasteiger partial charge < -0.3 is 24.2 Å². The normalized spacial score (nSPS) is 16.4. The van der Waals surface area contributed by atoms with Crippen molar-refractivity contribution in [1.82, 2.24) is 24.5 Å². The van der Waals surface area contributed by atoms with Crippen LogP contribution in [0.2, 0.25) is 0 Å². The van der Waals surface area contributed by atoms with Crippen LogP contribution in [0, 0.1) is 0 Å². The van der Waals surface area contributed by atoms with Gasteiger partial charge in [-0.05, 0) is 38.8 Å². The van der Waals surface area contributed by atoms with Gasteiger partial charge in [-0.1, -0.05) is 30.3 Å². The van der Waals surface area contributed by atoms with Gasteiger partial charge in [0.15, 0.2) is 5.69 Å². The standard InChI is InChI=1S/C25H33N5O5/c1-25(2,3)35-24(33)29-10-7-11-30-20(17-29)16-21(26-30)22(31)27-12-14-28(15-13-27)23(32)34-18-19-8-5-4-6-9-19/h4-6,8-9,16H,7,10-15,17-18H2,1-3H3. The Kier molecular flexibility index (Phi) is 7.28. The Bertz CT molecular complexity index is 1050. The van der Waals surface area contributed by atoms with Crippen LogP contribution >= 0.6 is 0 Å². The molecule has 10 heteroatoms. The Balaban J connectivity index is 1.31. The number of hydrogen-bond donors (Lipinski definition) is 0. The third-order valence-electron chi connectivity index (χ3n) is 5.92. The highest BCUT2D eigenvalue weighted by Gasteiger charge is 2.29. The van der Waals surface area contributed by atoms with Crippen LogP contribution in [0.1, 0.15) is 48.9 Å². The smallest absolute Gasteiger partial charge is 0.410 e. The summed E-state index contributed by atoms with van der Waals surface area (Å²) in [6.07, 6.45) is -0.0158. The molecule has 1 aromatic carbocycles. The third-order valence-corrected chi connectivity index (χ3v) is 5.92. The zero-order valence-corrected chi connectivity index (χ0v) is 20.6. The van der Waals surface area contributed by atoms with Crippen LogP contribution in [0.5, 0.6) is 0 Å². The first kappa shape index (κ1) is 24.6. The molecule has 188 valence electrons. The van der Waals surface area contributed by atoms with Crippen molar-refractivity contribution in [1.29, 1.82) is 0 Å². The van der Waals surface area contributed by atoms with Gasteiger partial charge in [0, 0.05) is 39.3 Å². The number of benzene rings is 1. The van der Waals surface area contributed by atoms with Gasteiger partial charge in [-0.2, -0.15) is 5.10 Å². The Labute approximate surface area is 205 Å². The van der Waals surface area contributed by atoms with Crippen molar-refractivity contribution in [2.45, 2.75) is 52.5 Å². The van der Waals surface area contributed by atoms with Crippen molar-refractivity contribution in [3.05, 3.63) is 53.3 Å². The van der Waals surface area contributed by atoms with E-state index in [-0.39, 0.29) is 24.7 Å². The van der Waals surface area contributed by atoms with Gasteiger partial charge in [-0.25, -0.2) is 9.59 Å². The second-order valence-electron chi connectivity index (χ2n) is 9.82. The highest BCUT2D eigenvalue weighted by Crippen LogP contribution is 2.19. The molecule has 3 amide bonds. The fraction of sp³-hybridized carbons (Fsp3) is 0.520. The number of ether oxygens (including phenoxy) is 2. The highest BCUT2D eigenvalue weighted by molar-refractivity contribution is 5.92. The molecule has 1 aromatic heterocycles. The molecule has 0 saturated carbocycles. The number of rotatable bonds is 3. The molecule has 2 aliphatic heterocycles. The first-order valence-electron chi connectivity index (χ1n) is 12.0. The first-order chi connectivity index (χ1) is 16.7. The number of nitrogens with zero attached hydrogens (tertiary/aromatic N) is 5. The van der Waals surface area contributed by atoms with Crippen LogP contribution in [-0.4, -0.2) is 80.9 Å². The van der Waals surface area contributed by atoms with Crippen LogP contribution in [0.4, 0.5) is 9.59 Å². The molecule has 2 aromatic rings. The lowest BCUT2D eigenvalue weighted by molar-refractivity contribution is 0.0236. The fourth-order valence-electron chi connectivity index (χ4n) is 4.11. The number of carbonyl (C=O) groups is 3. The van der Waals surface area contributed by atoms with Crippen molar-refractivity contribution in [2.75, 3.05) is 32.7 Å². The number of piperazine rings is 1. The molecule has 1 saturated heterocycles. The van der Waals surface area contributed by atoms with Gasteiger partial charge in [0.1, 0.15) is 12.2 Å². The first-order valence-corrected chi connectivity index (χ1v) is 12.0. The van der Waals surface area contributed by atoms with Crippen molar-refractivity contribution >= 4 is 18.1 Å². The van der Waals surface area contributed by atoms with E-state index in [1.807, 2.05) is 51.1 Å². The molecule has 0 unspecified atom stereocenters. The average Bonchev–Trinajstić information content (AvgIpc) is 3.12. The predicted octanol–water partition coefficient (Wildman–Crippen LogP) is 3.12. The summed E-state index contributed by atoms with van der Waals surface area (Å²) in [5.41, 5.74) is 1.52. The van der Waals surface area contributed by atoms with E-state index >= 15 is 0 Å². The second kappa shape index (κ2) is 10.4. The number of amides is 3. The van der Waals surface area contributed by atoms with E-state index in [9.17, 15) is 14.4 Å². The molecule has 0 aliphatic carbocycles. The maximum absolute atomic E-state index is 13.1. The molecule has 0 atom stereocenters. The van der Waals surface area contributed by atoms with Crippen molar-refractivity contribution in [2.24, 2.45) is 0 Å². The maximum atomic E-state index is 13.1. The maximum Gasteiger partial charge on any atom is 0.410 e. The minimum absolute atomic E-state index is 0.174. The molecule has 35 heavy (non-hydrogen) atoms. The van der Waals surface area contributed by atoms with Crippen molar-refractivity contribution in [3.8, 4) is 0 Å². The Hall–Kier alpha value is -3.56. The third kappa shape index (κ3) is 6.32. The number of aromatic nitrogens is 2. The fourth-order valence-corrected chi connectivity index (χ4v) is 4.11. The molecule has 0 N–H and O–H groups in total. The van der Waals surface area contributed by atoms with Gasteiger partial charge in [0.05, 0.1) is 12.2 Å². The van der Waals surface area contributed by atoms with Gasteiger partial charge >= 0.3 is 12.2 Å². The zero-order chi connectivity index (χ0) is 25.0. The quantitative estimate of drug-likeness (QED) is 0.666. The number of hydrogen-bond acceptors (Lipinski definition) is 6. The molecular weight excluding hydrogens is 450 g/mol. The molecule has 0 spiro atoms. The minimum Gasteiger partial charge on any atom is -0.445 e. The lowest BCUT2D eigenvalue weighted by Crippen LogP contribution is -2.50. The van der Waals surface area contributed by atoms with E-state index in [4.69, 9.17) is 9.47 Å². The summed E-state index contributed by atoms with van der Waals surface area (Å²) >= 11 is 0. The van der Waals surface area contributed by atoms with E-state index in [0.717, 1.165) is 17.7 Å². The van der Waals surface area contributed by atoms with Crippen LogP contribution in [0.25, 0.3) is 0 Å². The molecule has 4 rings (SSSR count). The van der Waals surface area contributed by atoms with E-state index in [0.29, 0.717) is 51.5 Å². The highest BCUT2D eigenvalue weighted by atomic mass is 16.6. The van der Waals surface area contributed by atoms with Gasteiger partial charge in [-0.15, -0.1) is 0 Å². The van der Waals surface area contributed by atoms with Crippen LogP contribution in [0.3, 0.4) is 0 Å². The SMILES string of the molecule is CC(C)(C)OC(=O)N1CCCn2nc(C(=O)N3CCN(C(=O)OCc4ccccc4)CC3)cc2C1. The second-order valence-corrected chi connectivity index (χ2v) is 9.82. The molecule has 0 bridgehead atoms. The average molecular weight is 484 g/mol. The molecule has 2 aliphatic rings. The number of fused-ring (bicyclic) bond motifs is 1. The Morgan fingerprint density at radius 2 is 1.57 bits per heavy atom. The molecule has 10 nitrogen and oxygen atoms in total. The summed E-state index contributed by atoms with van der Waals surface area (Å²) < 4.78 is 12.7. The summed E-state index contributed by atoms with van der Waals surface area (Å²) in [7, 11) is 0. The van der Waals surface area contributed by atoms with Crippen molar-refractivity contribution < 1.29 is 23.9 Å². The van der Waals surface area contributed by atoms with E-state index in [2.05, 4.69) is 5.10 Å². The summed E-state index contributed by atoms with van der Waals surface area (Å²) in [6.45, 7) is 8.91.